The van der Waals surface area contributed by atoms with Crippen molar-refractivity contribution in [1.82, 2.24) is 9.97 Å². The third-order valence-corrected chi connectivity index (χ3v) is 2.66. The van der Waals surface area contributed by atoms with Gasteiger partial charge in [0.05, 0.1) is 11.0 Å². The van der Waals surface area contributed by atoms with E-state index in [4.69, 9.17) is 4.74 Å². The van der Waals surface area contributed by atoms with Crippen LogP contribution in [-0.2, 0) is 6.54 Å². The van der Waals surface area contributed by atoms with Crippen LogP contribution in [0.25, 0.3) is 0 Å². The highest BCUT2D eigenvalue weighted by atomic mass is 16.6. The lowest BCUT2D eigenvalue weighted by Gasteiger charge is -2.13. The lowest BCUT2D eigenvalue weighted by atomic mass is 10.2. The van der Waals surface area contributed by atoms with E-state index in [1.807, 2.05) is 19.9 Å². The van der Waals surface area contributed by atoms with E-state index in [0.717, 1.165) is 5.56 Å². The molecule has 2 rings (SSSR count). The van der Waals surface area contributed by atoms with Crippen LogP contribution in [0.3, 0.4) is 0 Å². The number of nitro groups is 1. The number of nitrogens with zero attached hydrogens (tertiary/aromatic N) is 3. The highest BCUT2D eigenvalue weighted by Crippen LogP contribution is 2.24. The first-order valence-corrected chi connectivity index (χ1v) is 6.50. The molecule has 110 valence electrons. The molecular weight excluding hydrogens is 272 g/mol. The molecule has 1 N–H and O–H groups in total. The maximum Gasteiger partial charge on any atom is 0.310 e. The third kappa shape index (κ3) is 3.88. The van der Waals surface area contributed by atoms with Crippen molar-refractivity contribution in [2.45, 2.75) is 26.5 Å². The van der Waals surface area contributed by atoms with Crippen LogP contribution in [0, 0.1) is 10.1 Å². The van der Waals surface area contributed by atoms with E-state index < -0.39 is 4.92 Å². The third-order valence-electron chi connectivity index (χ3n) is 2.66. The van der Waals surface area contributed by atoms with Gasteiger partial charge in [0, 0.05) is 24.5 Å². The number of nitrogens with one attached hydrogen (secondary N) is 1. The van der Waals surface area contributed by atoms with Crippen molar-refractivity contribution in [2.24, 2.45) is 0 Å². The van der Waals surface area contributed by atoms with Gasteiger partial charge in [-0.3, -0.25) is 15.1 Å². The summed E-state index contributed by atoms with van der Waals surface area (Å²) in [6.07, 6.45) is 4.38. The van der Waals surface area contributed by atoms with Crippen LogP contribution in [0.2, 0.25) is 0 Å². The summed E-state index contributed by atoms with van der Waals surface area (Å²) in [5.41, 5.74) is 1.18. The van der Waals surface area contributed by atoms with Gasteiger partial charge in [0.25, 0.3) is 0 Å². The Morgan fingerprint density at radius 3 is 2.90 bits per heavy atom. The van der Waals surface area contributed by atoms with E-state index in [2.05, 4.69) is 15.3 Å². The zero-order chi connectivity index (χ0) is 15.2. The Hall–Kier alpha value is -2.70. The second kappa shape index (κ2) is 6.65. The second-order valence-electron chi connectivity index (χ2n) is 4.64. The van der Waals surface area contributed by atoms with Gasteiger partial charge in [0.2, 0.25) is 5.88 Å². The maximum atomic E-state index is 10.9. The molecule has 2 aromatic rings. The van der Waals surface area contributed by atoms with Crippen molar-refractivity contribution in [2.75, 3.05) is 5.32 Å². The molecule has 21 heavy (non-hydrogen) atoms. The highest BCUT2D eigenvalue weighted by molar-refractivity contribution is 5.59. The molecule has 0 saturated heterocycles. The quantitative estimate of drug-likeness (QED) is 0.649. The molecular formula is C14H16N4O3. The molecule has 0 amide bonds. The Morgan fingerprint density at radius 2 is 2.19 bits per heavy atom. The van der Waals surface area contributed by atoms with Crippen molar-refractivity contribution in [3.8, 4) is 5.88 Å². The Bertz CT molecular complexity index is 631. The molecule has 0 radical (unpaired) electrons. The average molecular weight is 288 g/mol. The molecule has 0 aromatic carbocycles. The highest BCUT2D eigenvalue weighted by Gasteiger charge is 2.14. The van der Waals surface area contributed by atoms with Crippen LogP contribution in [0.15, 0.2) is 36.8 Å². The SMILES string of the molecule is CC(C)Oc1ncccc1CNc1ccncc1[N+](=O)[O-]. The van der Waals surface area contributed by atoms with Crippen LogP contribution >= 0.6 is 0 Å². The molecule has 0 bridgehead atoms. The molecule has 0 aliphatic rings. The molecule has 0 unspecified atom stereocenters. The zero-order valence-corrected chi connectivity index (χ0v) is 11.8. The van der Waals surface area contributed by atoms with Crippen molar-refractivity contribution < 1.29 is 9.66 Å². The smallest absolute Gasteiger partial charge is 0.310 e. The molecule has 0 atom stereocenters. The molecule has 0 aliphatic heterocycles. The standard InChI is InChI=1S/C14H16N4O3/c1-10(2)21-14-11(4-3-6-16-14)8-17-12-5-7-15-9-13(12)18(19)20/h3-7,9-10H,8H2,1-2H3,(H,15,17). The number of ether oxygens (including phenoxy) is 1. The summed E-state index contributed by atoms with van der Waals surface area (Å²) in [5.74, 6) is 0.525. The van der Waals surface area contributed by atoms with E-state index in [-0.39, 0.29) is 11.8 Å². The summed E-state index contributed by atoms with van der Waals surface area (Å²) in [7, 11) is 0. The minimum absolute atomic E-state index is 0.00825. The number of pyridine rings is 2. The fraction of sp³-hybridized carbons (Fsp3) is 0.286. The number of anilines is 1. The van der Waals surface area contributed by atoms with Crippen molar-refractivity contribution in [3.63, 3.8) is 0 Å². The summed E-state index contributed by atoms with van der Waals surface area (Å²) in [6.45, 7) is 4.21. The van der Waals surface area contributed by atoms with Gasteiger partial charge in [-0.05, 0) is 26.0 Å². The molecule has 2 aromatic heterocycles. The first-order chi connectivity index (χ1) is 10.1. The fourth-order valence-electron chi connectivity index (χ4n) is 1.76. The van der Waals surface area contributed by atoms with E-state index in [1.54, 1.807) is 18.3 Å². The minimum Gasteiger partial charge on any atom is -0.475 e. The van der Waals surface area contributed by atoms with Gasteiger partial charge in [0.1, 0.15) is 11.9 Å². The summed E-state index contributed by atoms with van der Waals surface area (Å²) < 4.78 is 5.61. The monoisotopic (exact) mass is 288 g/mol. The topological polar surface area (TPSA) is 90.2 Å². The van der Waals surface area contributed by atoms with Gasteiger partial charge in [-0.25, -0.2) is 4.98 Å². The second-order valence-corrected chi connectivity index (χ2v) is 4.64. The first-order valence-electron chi connectivity index (χ1n) is 6.50. The largest absolute Gasteiger partial charge is 0.475 e. The van der Waals surface area contributed by atoms with Crippen LogP contribution in [0.5, 0.6) is 5.88 Å². The minimum atomic E-state index is -0.468. The van der Waals surface area contributed by atoms with Gasteiger partial charge in [-0.15, -0.1) is 0 Å². The van der Waals surface area contributed by atoms with Crippen molar-refractivity contribution >= 4 is 11.4 Å². The van der Waals surface area contributed by atoms with Gasteiger partial charge < -0.3 is 10.1 Å². The van der Waals surface area contributed by atoms with Gasteiger partial charge in [-0.1, -0.05) is 6.07 Å². The molecule has 0 spiro atoms. The average Bonchev–Trinajstić information content (AvgIpc) is 2.46. The Morgan fingerprint density at radius 1 is 1.38 bits per heavy atom. The molecule has 0 aliphatic carbocycles. The van der Waals surface area contributed by atoms with Crippen molar-refractivity contribution in [1.29, 1.82) is 0 Å². The Kier molecular flexibility index (Phi) is 4.65. The summed E-state index contributed by atoms with van der Waals surface area (Å²) in [6, 6.07) is 5.23. The van der Waals surface area contributed by atoms with Crippen LogP contribution in [0.1, 0.15) is 19.4 Å². The van der Waals surface area contributed by atoms with Crippen LogP contribution < -0.4 is 10.1 Å². The van der Waals surface area contributed by atoms with E-state index in [0.29, 0.717) is 18.1 Å². The van der Waals surface area contributed by atoms with E-state index in [1.165, 1.54) is 12.4 Å². The summed E-state index contributed by atoms with van der Waals surface area (Å²) >= 11 is 0. The van der Waals surface area contributed by atoms with Gasteiger partial charge in [0.15, 0.2) is 0 Å². The Labute approximate surface area is 122 Å². The predicted octanol–water partition coefficient (Wildman–Crippen LogP) is 2.78. The molecule has 7 heteroatoms. The number of aromatic nitrogens is 2. The maximum absolute atomic E-state index is 10.9. The van der Waals surface area contributed by atoms with Gasteiger partial charge >= 0.3 is 5.69 Å². The van der Waals surface area contributed by atoms with Crippen LogP contribution in [-0.4, -0.2) is 21.0 Å². The van der Waals surface area contributed by atoms with Crippen molar-refractivity contribution in [3.05, 3.63) is 52.5 Å². The molecule has 7 nitrogen and oxygen atoms in total. The zero-order valence-electron chi connectivity index (χ0n) is 11.8. The van der Waals surface area contributed by atoms with E-state index >= 15 is 0 Å². The summed E-state index contributed by atoms with van der Waals surface area (Å²) in [4.78, 5) is 18.4. The molecule has 0 saturated carbocycles. The first kappa shape index (κ1) is 14.7. The normalized spacial score (nSPS) is 10.4. The lowest BCUT2D eigenvalue weighted by molar-refractivity contribution is -0.384. The number of rotatable bonds is 6. The lowest BCUT2D eigenvalue weighted by Crippen LogP contribution is -2.11. The molecule has 2 heterocycles. The summed E-state index contributed by atoms with van der Waals surface area (Å²) in [5, 5.41) is 14.0. The van der Waals surface area contributed by atoms with Gasteiger partial charge in [-0.2, -0.15) is 0 Å². The predicted molar refractivity (Wildman–Crippen MR) is 78.2 cm³/mol. The van der Waals surface area contributed by atoms with Crippen LogP contribution in [0.4, 0.5) is 11.4 Å². The van der Waals surface area contributed by atoms with E-state index in [9.17, 15) is 10.1 Å². The molecule has 0 fully saturated rings. The Balaban J connectivity index is 2.15. The number of hydrogen-bond donors (Lipinski definition) is 1. The fourth-order valence-corrected chi connectivity index (χ4v) is 1.76. The number of hydrogen-bond acceptors (Lipinski definition) is 6.